The number of halogens is 5. The van der Waals surface area contributed by atoms with E-state index in [-0.39, 0.29) is 60.3 Å². The summed E-state index contributed by atoms with van der Waals surface area (Å²) in [7, 11) is 0. The van der Waals surface area contributed by atoms with Crippen molar-refractivity contribution in [1.29, 1.82) is 0 Å². The number of hydrogen-bond acceptors (Lipinski definition) is 12. The van der Waals surface area contributed by atoms with Gasteiger partial charge in [-0.05, 0) is 41.9 Å². The van der Waals surface area contributed by atoms with Crippen LogP contribution in [0.3, 0.4) is 0 Å². The number of primary amides is 1. The molecule has 5 aromatic rings. The highest BCUT2D eigenvalue weighted by atomic mass is 35.5. The van der Waals surface area contributed by atoms with Crippen LogP contribution in [-0.4, -0.2) is 45.7 Å². The summed E-state index contributed by atoms with van der Waals surface area (Å²) in [6.07, 6.45) is 1.33. The Balaban J connectivity index is 0.000000214. The number of aromatic nitrogens is 6. The molecule has 236 valence electrons. The summed E-state index contributed by atoms with van der Waals surface area (Å²) in [5.74, 6) is -0.961. The number of carbonyl (C=O) groups is 1. The largest absolute Gasteiger partial charge is 0.397 e. The zero-order chi connectivity index (χ0) is 34.6. The molecular weight excluding hydrogens is 716 g/mol. The van der Waals surface area contributed by atoms with E-state index in [4.69, 9.17) is 76.0 Å². The highest BCUT2D eigenvalue weighted by Crippen LogP contribution is 2.26. The Morgan fingerprint density at radius 1 is 0.804 bits per heavy atom. The van der Waals surface area contributed by atoms with Crippen LogP contribution >= 0.6 is 58.0 Å². The smallest absolute Gasteiger partial charge is 0.349 e. The van der Waals surface area contributed by atoms with E-state index in [1.165, 1.54) is 36.7 Å². The number of nitrogens with one attached hydrogen (secondary N) is 1. The Kier molecular flexibility index (Phi) is 13.9. The molecule has 0 aliphatic rings. The molecule has 0 radical (unpaired) electrons. The summed E-state index contributed by atoms with van der Waals surface area (Å²) in [5, 5.41) is 21.0. The standard InChI is InChI=1S/C7H4ClN3O.C6H2ClN3O2.C6H6ClN3O.C5H2Cl2N2O2/c8-5-2-1-4-6(11-5)7(12)10-3-9-4;1-8-6-4(10(11)12)2-3-5(7)9-6;7-4-2-1-3(8)5(10-4)6(9)11;6-4-2-1-3(9(10)11)5(7)8-4/h1-3H,(H,9,10,12);2-3H;1-2H,8H2,(H2,9,11);1-2H. The average Bonchev–Trinajstić information content (AvgIpc) is 2.99. The third kappa shape index (κ3) is 11.0. The summed E-state index contributed by atoms with van der Waals surface area (Å²) in [4.78, 5) is 64.5. The van der Waals surface area contributed by atoms with Crippen molar-refractivity contribution in [2.24, 2.45) is 5.73 Å². The van der Waals surface area contributed by atoms with E-state index in [1.807, 2.05) is 0 Å². The molecule has 0 fully saturated rings. The Labute approximate surface area is 281 Å². The van der Waals surface area contributed by atoms with Crippen LogP contribution in [-0.2, 0) is 0 Å². The van der Waals surface area contributed by atoms with Gasteiger partial charge in [0.15, 0.2) is 11.2 Å². The number of aromatic amines is 1. The van der Waals surface area contributed by atoms with Gasteiger partial charge in [-0.3, -0.25) is 29.8 Å². The second-order valence-corrected chi connectivity index (χ2v) is 9.62. The van der Waals surface area contributed by atoms with Crippen LogP contribution in [0.1, 0.15) is 10.5 Å². The minimum absolute atomic E-state index is 0.0116. The van der Waals surface area contributed by atoms with E-state index in [2.05, 4.69) is 34.7 Å². The van der Waals surface area contributed by atoms with Crippen LogP contribution in [0.25, 0.3) is 15.9 Å². The van der Waals surface area contributed by atoms with Gasteiger partial charge in [0.05, 0.1) is 27.4 Å². The van der Waals surface area contributed by atoms with Gasteiger partial charge in [0.2, 0.25) is 10.3 Å². The number of nitrogens with two attached hydrogens (primary N) is 2. The molecule has 0 saturated heterocycles. The number of nitrogens with zero attached hydrogens (tertiary/aromatic N) is 8. The zero-order valence-electron chi connectivity index (χ0n) is 22.3. The van der Waals surface area contributed by atoms with Gasteiger partial charge in [-0.2, -0.15) is 0 Å². The first-order valence-electron chi connectivity index (χ1n) is 11.5. The van der Waals surface area contributed by atoms with Crippen molar-refractivity contribution in [3.8, 4) is 0 Å². The number of amides is 1. The molecule has 22 heteroatoms. The summed E-state index contributed by atoms with van der Waals surface area (Å²) in [6.45, 7) is 6.57. The first kappa shape index (κ1) is 36.9. The normalized spacial score (nSPS) is 9.65. The highest BCUT2D eigenvalue weighted by molar-refractivity contribution is 6.33. The van der Waals surface area contributed by atoms with Crippen LogP contribution in [0.15, 0.2) is 59.7 Å². The molecule has 0 aliphatic carbocycles. The van der Waals surface area contributed by atoms with E-state index in [9.17, 15) is 29.8 Å². The first-order chi connectivity index (χ1) is 21.6. The monoisotopic (exact) mass is 727 g/mol. The second-order valence-electron chi connectivity index (χ2n) is 7.72. The zero-order valence-corrected chi connectivity index (χ0v) is 26.0. The fraction of sp³-hybridized carbons (Fsp3) is 0. The highest BCUT2D eigenvalue weighted by Gasteiger charge is 2.16. The molecule has 5 rings (SSSR count). The molecule has 0 saturated carbocycles. The lowest BCUT2D eigenvalue weighted by Gasteiger charge is -1.98. The molecular formula is C24H14Cl5N11O6. The summed E-state index contributed by atoms with van der Waals surface area (Å²) in [6, 6.07) is 11.2. The number of rotatable bonds is 3. The third-order valence-electron chi connectivity index (χ3n) is 4.70. The maximum Gasteiger partial charge on any atom is 0.349 e. The number of hydrogen-bond donors (Lipinski definition) is 3. The van der Waals surface area contributed by atoms with Gasteiger partial charge in [-0.15, -0.1) is 4.98 Å². The van der Waals surface area contributed by atoms with Gasteiger partial charge in [-0.1, -0.05) is 53.0 Å². The Bertz CT molecular complexity index is 2020. The van der Waals surface area contributed by atoms with Crippen molar-refractivity contribution in [2.45, 2.75) is 0 Å². The molecule has 5 heterocycles. The summed E-state index contributed by atoms with van der Waals surface area (Å²) < 4.78 is 0. The number of nitrogen functional groups attached to an aromatic ring is 1. The Hall–Kier alpha value is -5.25. The van der Waals surface area contributed by atoms with Gasteiger partial charge in [-0.25, -0.2) is 19.9 Å². The van der Waals surface area contributed by atoms with E-state index in [0.29, 0.717) is 10.7 Å². The molecule has 0 bridgehead atoms. The van der Waals surface area contributed by atoms with Gasteiger partial charge < -0.3 is 21.3 Å². The Morgan fingerprint density at radius 3 is 1.87 bits per heavy atom. The van der Waals surface area contributed by atoms with Crippen molar-refractivity contribution in [3.05, 3.63) is 128 Å². The lowest BCUT2D eigenvalue weighted by molar-refractivity contribution is -0.385. The topological polar surface area (TPSA) is 257 Å². The van der Waals surface area contributed by atoms with Crippen molar-refractivity contribution in [3.63, 3.8) is 0 Å². The molecule has 5 N–H and O–H groups in total. The van der Waals surface area contributed by atoms with E-state index < -0.39 is 15.8 Å². The van der Waals surface area contributed by atoms with Crippen molar-refractivity contribution in [1.82, 2.24) is 29.9 Å². The van der Waals surface area contributed by atoms with Crippen LogP contribution in [0, 0.1) is 26.8 Å². The fourth-order valence-corrected chi connectivity index (χ4v) is 3.61. The SMILES string of the molecule is NC(=O)c1nc(Cl)ccc1N.O=[N+]([O-])c1ccc(Cl)nc1Cl.O=c1[nH]cnc2ccc(Cl)nc12.[C-]#[N+]c1nc(Cl)ccc1[N+](=O)[O-]. The van der Waals surface area contributed by atoms with Crippen molar-refractivity contribution >= 4 is 97.8 Å². The minimum atomic E-state index is -0.676. The van der Waals surface area contributed by atoms with Gasteiger partial charge in [0, 0.05) is 18.2 Å². The first-order valence-corrected chi connectivity index (χ1v) is 13.4. The Morgan fingerprint density at radius 2 is 1.33 bits per heavy atom. The number of fused-ring (bicyclic) bond motifs is 1. The number of anilines is 1. The average molecular weight is 730 g/mol. The number of pyridine rings is 4. The summed E-state index contributed by atoms with van der Waals surface area (Å²) >= 11 is 27.3. The van der Waals surface area contributed by atoms with Crippen LogP contribution in [0.4, 0.5) is 22.9 Å². The van der Waals surface area contributed by atoms with Crippen LogP contribution in [0.2, 0.25) is 25.8 Å². The predicted octanol–water partition coefficient (Wildman–Crippen LogP) is 5.88. The number of carbonyl (C=O) groups excluding carboxylic acids is 1. The van der Waals surface area contributed by atoms with E-state index in [1.54, 1.807) is 12.1 Å². The minimum Gasteiger partial charge on any atom is -0.397 e. The molecule has 17 nitrogen and oxygen atoms in total. The molecule has 46 heavy (non-hydrogen) atoms. The molecule has 1 amide bonds. The van der Waals surface area contributed by atoms with E-state index >= 15 is 0 Å². The van der Waals surface area contributed by atoms with Crippen molar-refractivity contribution < 1.29 is 14.6 Å². The maximum atomic E-state index is 11.1. The van der Waals surface area contributed by atoms with E-state index in [0.717, 1.165) is 6.07 Å². The predicted molar refractivity (Wildman–Crippen MR) is 170 cm³/mol. The van der Waals surface area contributed by atoms with Gasteiger partial charge in [0.1, 0.15) is 15.5 Å². The van der Waals surface area contributed by atoms with Gasteiger partial charge in [0.25, 0.3) is 17.2 Å². The van der Waals surface area contributed by atoms with Crippen molar-refractivity contribution in [2.75, 3.05) is 5.73 Å². The molecule has 0 atom stereocenters. The van der Waals surface area contributed by atoms with Crippen LogP contribution < -0.4 is 17.0 Å². The molecule has 5 aromatic heterocycles. The fourth-order valence-electron chi connectivity index (χ4n) is 2.76. The lowest BCUT2D eigenvalue weighted by atomic mass is 10.3. The van der Waals surface area contributed by atoms with Gasteiger partial charge >= 0.3 is 11.5 Å². The molecule has 0 spiro atoms. The quantitative estimate of drug-likeness (QED) is 0.0851. The maximum absolute atomic E-state index is 11.1. The lowest BCUT2D eigenvalue weighted by Crippen LogP contribution is -2.15. The number of nitro groups is 2. The molecule has 0 aliphatic heterocycles. The second kappa shape index (κ2) is 17.3. The summed E-state index contributed by atoms with van der Waals surface area (Å²) in [5.41, 5.74) is 10.5. The molecule has 0 aromatic carbocycles. The third-order valence-corrected chi connectivity index (χ3v) is 5.82. The number of H-pyrrole nitrogens is 1. The molecule has 0 unspecified atom stereocenters. The van der Waals surface area contributed by atoms with Crippen LogP contribution in [0.5, 0.6) is 0 Å².